The first-order valence-electron chi connectivity index (χ1n) is 10.6. The molecule has 2 fully saturated rings. The van der Waals surface area contributed by atoms with E-state index in [4.69, 9.17) is 0 Å². The summed E-state index contributed by atoms with van der Waals surface area (Å²) in [5.41, 5.74) is 0.863. The lowest BCUT2D eigenvalue weighted by atomic mass is 9.78. The number of sulfonamides is 1. The molecule has 0 atom stereocenters. The van der Waals surface area contributed by atoms with E-state index in [0.717, 1.165) is 36.8 Å². The second kappa shape index (κ2) is 8.47. The molecule has 0 radical (unpaired) electrons. The molecule has 160 valence electrons. The van der Waals surface area contributed by atoms with E-state index in [1.54, 1.807) is 30.3 Å². The molecule has 30 heavy (non-hydrogen) atoms. The highest BCUT2D eigenvalue weighted by atomic mass is 32.2. The van der Waals surface area contributed by atoms with E-state index in [0.29, 0.717) is 32.5 Å². The van der Waals surface area contributed by atoms with Gasteiger partial charge in [0.25, 0.3) is 0 Å². The van der Waals surface area contributed by atoms with Crippen molar-refractivity contribution in [1.29, 1.82) is 0 Å². The Bertz CT molecular complexity index is 1010. The number of benzene rings is 2. The highest BCUT2D eigenvalue weighted by Gasteiger charge is 2.42. The van der Waals surface area contributed by atoms with Crippen LogP contribution in [0.15, 0.2) is 53.4 Å². The van der Waals surface area contributed by atoms with Crippen LogP contribution in [-0.4, -0.2) is 31.7 Å². The van der Waals surface area contributed by atoms with Gasteiger partial charge in [-0.05, 0) is 61.1 Å². The first-order chi connectivity index (χ1) is 14.4. The number of carbonyl (C=O) groups is 1. The van der Waals surface area contributed by atoms with Crippen LogP contribution in [0.2, 0.25) is 0 Å². The summed E-state index contributed by atoms with van der Waals surface area (Å²) in [7, 11) is -3.44. The molecule has 0 bridgehead atoms. The van der Waals surface area contributed by atoms with Gasteiger partial charge in [-0.15, -0.1) is 0 Å². The number of hydrogen-bond acceptors (Lipinski definition) is 3. The van der Waals surface area contributed by atoms with Gasteiger partial charge in [0, 0.05) is 19.6 Å². The second-order valence-corrected chi connectivity index (χ2v) is 10.2. The molecule has 1 heterocycles. The van der Waals surface area contributed by atoms with Gasteiger partial charge in [-0.3, -0.25) is 4.79 Å². The molecular weight excluding hydrogens is 403 g/mol. The number of hydrogen-bond donors (Lipinski definition) is 1. The van der Waals surface area contributed by atoms with Crippen LogP contribution in [0.1, 0.15) is 49.7 Å². The van der Waals surface area contributed by atoms with Gasteiger partial charge in [-0.1, -0.05) is 37.1 Å². The van der Waals surface area contributed by atoms with Crippen LogP contribution < -0.4 is 5.32 Å². The van der Waals surface area contributed by atoms with Gasteiger partial charge in [0.05, 0.1) is 10.3 Å². The summed E-state index contributed by atoms with van der Waals surface area (Å²) in [6.45, 7) is 1.45. The molecule has 0 unspecified atom stereocenters. The van der Waals surface area contributed by atoms with Gasteiger partial charge in [0.15, 0.2) is 0 Å². The molecule has 1 saturated heterocycles. The third-order valence-corrected chi connectivity index (χ3v) is 8.26. The second-order valence-electron chi connectivity index (χ2n) is 8.24. The molecule has 1 saturated carbocycles. The van der Waals surface area contributed by atoms with Crippen LogP contribution in [0.3, 0.4) is 0 Å². The van der Waals surface area contributed by atoms with Crippen LogP contribution in [0.4, 0.5) is 4.39 Å². The van der Waals surface area contributed by atoms with Gasteiger partial charge in [-0.2, -0.15) is 4.31 Å². The van der Waals surface area contributed by atoms with Crippen molar-refractivity contribution >= 4 is 15.9 Å². The molecular formula is C23H27FN2O3S. The monoisotopic (exact) mass is 430 g/mol. The fraction of sp³-hybridized carbons (Fsp3) is 0.435. The smallest absolute Gasteiger partial charge is 0.243 e. The number of carbonyl (C=O) groups excluding carboxylic acids is 1. The first-order valence-corrected chi connectivity index (χ1v) is 12.0. The molecule has 2 aromatic carbocycles. The summed E-state index contributed by atoms with van der Waals surface area (Å²) in [5, 5.41) is 2.99. The summed E-state index contributed by atoms with van der Waals surface area (Å²) < 4.78 is 40.6. The Kier molecular flexibility index (Phi) is 5.93. The lowest BCUT2D eigenvalue weighted by molar-refractivity contribution is -0.126. The van der Waals surface area contributed by atoms with E-state index in [9.17, 15) is 17.6 Å². The maximum Gasteiger partial charge on any atom is 0.243 e. The summed E-state index contributed by atoms with van der Waals surface area (Å²) in [5.74, 6) is -0.430. The Morgan fingerprint density at radius 1 is 1.00 bits per heavy atom. The Morgan fingerprint density at radius 3 is 2.30 bits per heavy atom. The minimum absolute atomic E-state index is 0.0978. The molecule has 1 N–H and O–H groups in total. The number of nitrogens with one attached hydrogen (secondary N) is 1. The van der Waals surface area contributed by atoms with Crippen LogP contribution in [0.25, 0.3) is 0 Å². The summed E-state index contributed by atoms with van der Waals surface area (Å²) in [6.07, 6.45) is 5.08. The zero-order valence-corrected chi connectivity index (χ0v) is 17.8. The highest BCUT2D eigenvalue weighted by molar-refractivity contribution is 7.89. The van der Waals surface area contributed by atoms with E-state index >= 15 is 0 Å². The van der Waals surface area contributed by atoms with E-state index in [-0.39, 0.29) is 16.6 Å². The van der Waals surface area contributed by atoms with Gasteiger partial charge in [0.1, 0.15) is 5.82 Å². The first kappa shape index (κ1) is 21.0. The number of rotatable bonds is 6. The summed E-state index contributed by atoms with van der Waals surface area (Å²) in [4.78, 5) is 13.4. The zero-order chi connectivity index (χ0) is 21.2. The van der Waals surface area contributed by atoms with Crippen molar-refractivity contribution < 1.29 is 17.6 Å². The zero-order valence-electron chi connectivity index (χ0n) is 16.9. The molecule has 0 aromatic heterocycles. The summed E-state index contributed by atoms with van der Waals surface area (Å²) in [6, 6.07) is 13.0. The standard InChI is InChI=1S/C23H27FN2O3S/c24-20-7-5-6-19(16-20)23(12-1-2-13-23)22(27)25-17-18-8-10-21(11-9-18)30(28,29)26-14-3-4-15-26/h5-11,16H,1-4,12-15,17H2,(H,25,27). The van der Waals surface area contributed by atoms with Gasteiger partial charge < -0.3 is 5.32 Å². The third-order valence-electron chi connectivity index (χ3n) is 6.35. The fourth-order valence-corrected chi connectivity index (χ4v) is 6.14. The average molecular weight is 431 g/mol. The third kappa shape index (κ3) is 4.01. The van der Waals surface area contributed by atoms with Crippen molar-refractivity contribution in [3.8, 4) is 0 Å². The van der Waals surface area contributed by atoms with Crippen molar-refractivity contribution in [2.75, 3.05) is 13.1 Å². The quantitative estimate of drug-likeness (QED) is 0.759. The molecule has 7 heteroatoms. The van der Waals surface area contributed by atoms with Crippen molar-refractivity contribution in [3.05, 3.63) is 65.5 Å². The lowest BCUT2D eigenvalue weighted by Gasteiger charge is -2.28. The molecule has 2 aromatic rings. The molecule has 2 aliphatic rings. The fourth-order valence-electron chi connectivity index (χ4n) is 4.62. The number of nitrogens with zero attached hydrogens (tertiary/aromatic N) is 1. The molecule has 4 rings (SSSR count). The molecule has 5 nitrogen and oxygen atoms in total. The van der Waals surface area contributed by atoms with E-state index in [1.165, 1.54) is 16.4 Å². The van der Waals surface area contributed by atoms with Crippen molar-refractivity contribution in [2.45, 2.75) is 55.4 Å². The van der Waals surface area contributed by atoms with Crippen LogP contribution >= 0.6 is 0 Å². The molecule has 1 amide bonds. The van der Waals surface area contributed by atoms with Crippen molar-refractivity contribution in [1.82, 2.24) is 9.62 Å². The van der Waals surface area contributed by atoms with E-state index in [2.05, 4.69) is 5.32 Å². The van der Waals surface area contributed by atoms with E-state index in [1.807, 2.05) is 6.07 Å². The average Bonchev–Trinajstić information content (AvgIpc) is 3.45. The summed E-state index contributed by atoms with van der Waals surface area (Å²) >= 11 is 0. The van der Waals surface area contributed by atoms with Crippen molar-refractivity contribution in [3.63, 3.8) is 0 Å². The minimum atomic E-state index is -3.44. The Hall–Kier alpha value is -2.25. The van der Waals surface area contributed by atoms with E-state index < -0.39 is 15.4 Å². The lowest BCUT2D eigenvalue weighted by Crippen LogP contribution is -2.42. The predicted octanol–water partition coefficient (Wildman–Crippen LogP) is 3.74. The van der Waals surface area contributed by atoms with Crippen LogP contribution in [0, 0.1) is 5.82 Å². The Balaban J connectivity index is 1.45. The number of amides is 1. The van der Waals surface area contributed by atoms with Crippen molar-refractivity contribution in [2.24, 2.45) is 0 Å². The van der Waals surface area contributed by atoms with Gasteiger partial charge in [0.2, 0.25) is 15.9 Å². The van der Waals surface area contributed by atoms with Crippen LogP contribution in [0.5, 0.6) is 0 Å². The van der Waals surface area contributed by atoms with Gasteiger partial charge >= 0.3 is 0 Å². The minimum Gasteiger partial charge on any atom is -0.351 e. The predicted molar refractivity (Wildman–Crippen MR) is 113 cm³/mol. The Labute approximate surface area is 177 Å². The topological polar surface area (TPSA) is 66.5 Å². The molecule has 1 aliphatic heterocycles. The number of halogens is 1. The highest BCUT2D eigenvalue weighted by Crippen LogP contribution is 2.41. The Morgan fingerprint density at radius 2 is 1.67 bits per heavy atom. The largest absolute Gasteiger partial charge is 0.351 e. The molecule has 1 aliphatic carbocycles. The van der Waals surface area contributed by atoms with Gasteiger partial charge in [-0.25, -0.2) is 12.8 Å². The van der Waals surface area contributed by atoms with Crippen LogP contribution in [-0.2, 0) is 26.8 Å². The maximum atomic E-state index is 13.8. The normalized spacial score (nSPS) is 19.1. The SMILES string of the molecule is O=C(NCc1ccc(S(=O)(=O)N2CCCC2)cc1)C1(c2cccc(F)c2)CCCC1. The maximum absolute atomic E-state index is 13.8. The molecule has 0 spiro atoms.